The number of rotatable bonds is 2. The maximum absolute atomic E-state index is 9.07. The van der Waals surface area contributed by atoms with E-state index in [4.69, 9.17) is 5.11 Å². The van der Waals surface area contributed by atoms with E-state index < -0.39 is 0 Å². The minimum Gasteiger partial charge on any atom is -0.396 e. The Bertz CT molecular complexity index is 314. The van der Waals surface area contributed by atoms with Crippen LogP contribution < -0.4 is 0 Å². The molecular weight excluding hydrogens is 172 g/mol. The fraction of sp³-hybridized carbons (Fsp3) is 0.538. The molecule has 0 heterocycles. The molecule has 1 saturated carbocycles. The Hall–Kier alpha value is -0.820. The van der Waals surface area contributed by atoms with Crippen molar-refractivity contribution in [2.45, 2.75) is 31.1 Å². The molecule has 1 N–H and O–H groups in total. The summed E-state index contributed by atoms with van der Waals surface area (Å²) in [6, 6.07) is 8.86. The Morgan fingerprint density at radius 1 is 1.07 bits per heavy atom. The van der Waals surface area contributed by atoms with Crippen LogP contribution in [0.25, 0.3) is 0 Å². The monoisotopic (exact) mass is 188 g/mol. The normalized spacial score (nSPS) is 33.4. The Labute approximate surface area is 84.8 Å². The largest absolute Gasteiger partial charge is 0.396 e. The predicted molar refractivity (Wildman–Crippen MR) is 56.4 cm³/mol. The summed E-state index contributed by atoms with van der Waals surface area (Å²) in [5.74, 6) is 2.24. The third-order valence-electron chi connectivity index (χ3n) is 4.08. The van der Waals surface area contributed by atoms with Crippen LogP contribution in [0.2, 0.25) is 0 Å². The first kappa shape index (κ1) is 8.49. The molecule has 1 aromatic carbocycles. The lowest BCUT2D eigenvalue weighted by molar-refractivity contribution is 0.249. The van der Waals surface area contributed by atoms with Crippen LogP contribution in [-0.2, 0) is 0 Å². The fourth-order valence-electron chi connectivity index (χ4n) is 3.58. The van der Waals surface area contributed by atoms with Crippen molar-refractivity contribution < 1.29 is 5.11 Å². The Morgan fingerprint density at radius 3 is 2.14 bits per heavy atom. The Balaban J connectivity index is 2.00. The molecule has 1 unspecified atom stereocenters. The van der Waals surface area contributed by atoms with Gasteiger partial charge < -0.3 is 5.11 Å². The van der Waals surface area contributed by atoms with Crippen LogP contribution in [0.3, 0.4) is 0 Å². The molecule has 0 amide bonds. The van der Waals surface area contributed by atoms with Crippen LogP contribution in [0.1, 0.15) is 42.2 Å². The molecule has 74 valence electrons. The highest BCUT2D eigenvalue weighted by atomic mass is 16.3. The van der Waals surface area contributed by atoms with E-state index in [9.17, 15) is 0 Å². The summed E-state index contributed by atoms with van der Waals surface area (Å²) in [6.07, 6.45) is 3.67. The van der Waals surface area contributed by atoms with E-state index in [1.54, 1.807) is 11.1 Å². The lowest BCUT2D eigenvalue weighted by atomic mass is 9.92. The van der Waals surface area contributed by atoms with E-state index in [0.29, 0.717) is 6.61 Å². The molecule has 1 fully saturated rings. The summed E-state index contributed by atoms with van der Waals surface area (Å²) in [5, 5.41) is 9.07. The number of hydrogen-bond acceptors (Lipinski definition) is 1. The third-order valence-corrected chi connectivity index (χ3v) is 4.08. The molecule has 14 heavy (non-hydrogen) atoms. The standard InChI is InChI=1S/C13H16O/c14-8-7-13-11-5-6-12(13)10-4-2-1-3-9(10)11/h1-4,11-14H,5-8H2/t11-,12+,13?. The summed E-state index contributed by atoms with van der Waals surface area (Å²) < 4.78 is 0. The zero-order valence-corrected chi connectivity index (χ0v) is 8.32. The summed E-state index contributed by atoms with van der Waals surface area (Å²) in [6.45, 7) is 0.353. The highest BCUT2D eigenvalue weighted by Gasteiger charge is 2.44. The minimum absolute atomic E-state index is 0.353. The second-order valence-corrected chi connectivity index (χ2v) is 4.60. The van der Waals surface area contributed by atoms with Crippen molar-refractivity contribution in [3.05, 3.63) is 35.4 Å². The van der Waals surface area contributed by atoms with Gasteiger partial charge in [0.15, 0.2) is 0 Å². The number of fused-ring (bicyclic) bond motifs is 5. The van der Waals surface area contributed by atoms with Gasteiger partial charge in [-0.25, -0.2) is 0 Å². The molecule has 3 atom stereocenters. The molecule has 0 aromatic heterocycles. The molecule has 0 aliphatic heterocycles. The third kappa shape index (κ3) is 0.992. The summed E-state index contributed by atoms with van der Waals surface area (Å²) in [4.78, 5) is 0. The van der Waals surface area contributed by atoms with E-state index in [1.165, 1.54) is 12.8 Å². The molecule has 1 aromatic rings. The molecule has 1 heteroatoms. The SMILES string of the molecule is OCCC1[C@@H]2CC[C@H]1c1ccccc12. The van der Waals surface area contributed by atoms with Gasteiger partial charge in [0.1, 0.15) is 0 Å². The maximum atomic E-state index is 9.07. The van der Waals surface area contributed by atoms with Crippen molar-refractivity contribution in [3.63, 3.8) is 0 Å². The zero-order chi connectivity index (χ0) is 9.54. The number of aliphatic hydroxyl groups is 1. The topological polar surface area (TPSA) is 20.2 Å². The molecule has 2 aliphatic rings. The molecule has 2 bridgehead atoms. The molecular formula is C13H16O. The average molecular weight is 188 g/mol. The molecule has 0 radical (unpaired) electrons. The van der Waals surface area contributed by atoms with E-state index in [0.717, 1.165) is 24.2 Å². The maximum Gasteiger partial charge on any atom is 0.0434 e. The smallest absolute Gasteiger partial charge is 0.0434 e. The molecule has 0 saturated heterocycles. The Kier molecular flexibility index (Phi) is 1.88. The Morgan fingerprint density at radius 2 is 1.64 bits per heavy atom. The lowest BCUT2D eigenvalue weighted by Crippen LogP contribution is -2.05. The van der Waals surface area contributed by atoms with Crippen molar-refractivity contribution in [1.29, 1.82) is 0 Å². The second kappa shape index (κ2) is 3.09. The van der Waals surface area contributed by atoms with E-state index in [-0.39, 0.29) is 0 Å². The van der Waals surface area contributed by atoms with E-state index in [2.05, 4.69) is 24.3 Å². The number of benzene rings is 1. The van der Waals surface area contributed by atoms with Crippen LogP contribution in [0.15, 0.2) is 24.3 Å². The van der Waals surface area contributed by atoms with Gasteiger partial charge in [-0.05, 0) is 48.1 Å². The number of aliphatic hydroxyl groups excluding tert-OH is 1. The molecule has 0 spiro atoms. The van der Waals surface area contributed by atoms with Gasteiger partial charge in [-0.2, -0.15) is 0 Å². The first-order valence-corrected chi connectivity index (χ1v) is 5.61. The van der Waals surface area contributed by atoms with Gasteiger partial charge in [0, 0.05) is 6.61 Å². The average Bonchev–Trinajstić information content (AvgIpc) is 2.75. The quantitative estimate of drug-likeness (QED) is 0.756. The first-order chi connectivity index (χ1) is 6.92. The van der Waals surface area contributed by atoms with Gasteiger partial charge in [-0.1, -0.05) is 24.3 Å². The summed E-state index contributed by atoms with van der Waals surface area (Å²) in [7, 11) is 0. The van der Waals surface area contributed by atoms with Crippen molar-refractivity contribution >= 4 is 0 Å². The number of hydrogen-bond donors (Lipinski definition) is 1. The molecule has 1 nitrogen and oxygen atoms in total. The summed E-state index contributed by atoms with van der Waals surface area (Å²) >= 11 is 0. The molecule has 2 aliphatic carbocycles. The van der Waals surface area contributed by atoms with Gasteiger partial charge in [-0.3, -0.25) is 0 Å². The van der Waals surface area contributed by atoms with Crippen LogP contribution in [0.4, 0.5) is 0 Å². The fourth-order valence-corrected chi connectivity index (χ4v) is 3.58. The molecule has 3 rings (SSSR count). The van der Waals surface area contributed by atoms with Gasteiger partial charge in [-0.15, -0.1) is 0 Å². The first-order valence-electron chi connectivity index (χ1n) is 5.61. The summed E-state index contributed by atoms with van der Waals surface area (Å²) in [5.41, 5.74) is 3.14. The van der Waals surface area contributed by atoms with Crippen LogP contribution in [0, 0.1) is 5.92 Å². The lowest BCUT2D eigenvalue weighted by Gasteiger charge is -2.13. The zero-order valence-electron chi connectivity index (χ0n) is 8.32. The van der Waals surface area contributed by atoms with Crippen LogP contribution >= 0.6 is 0 Å². The van der Waals surface area contributed by atoms with Crippen molar-refractivity contribution in [2.75, 3.05) is 6.61 Å². The van der Waals surface area contributed by atoms with Crippen molar-refractivity contribution in [3.8, 4) is 0 Å². The minimum atomic E-state index is 0.353. The van der Waals surface area contributed by atoms with Gasteiger partial charge in [0.25, 0.3) is 0 Å². The van der Waals surface area contributed by atoms with Gasteiger partial charge in [0.2, 0.25) is 0 Å². The highest BCUT2D eigenvalue weighted by molar-refractivity contribution is 5.42. The van der Waals surface area contributed by atoms with Crippen LogP contribution in [-0.4, -0.2) is 11.7 Å². The van der Waals surface area contributed by atoms with E-state index >= 15 is 0 Å². The van der Waals surface area contributed by atoms with Gasteiger partial charge in [0.05, 0.1) is 0 Å². The predicted octanol–water partition coefficient (Wildman–Crippen LogP) is 2.66. The van der Waals surface area contributed by atoms with E-state index in [1.807, 2.05) is 0 Å². The highest BCUT2D eigenvalue weighted by Crippen LogP contribution is 2.57. The van der Waals surface area contributed by atoms with Crippen molar-refractivity contribution in [1.82, 2.24) is 0 Å². The van der Waals surface area contributed by atoms with Crippen molar-refractivity contribution in [2.24, 2.45) is 5.92 Å². The van der Waals surface area contributed by atoms with Crippen LogP contribution in [0.5, 0.6) is 0 Å². The second-order valence-electron chi connectivity index (χ2n) is 4.60. The van der Waals surface area contributed by atoms with Gasteiger partial charge >= 0.3 is 0 Å².